The van der Waals surface area contributed by atoms with E-state index in [1.54, 1.807) is 35.9 Å². The number of ether oxygens (including phenoxy) is 1. The van der Waals surface area contributed by atoms with Gasteiger partial charge in [-0.05, 0) is 42.5 Å². The van der Waals surface area contributed by atoms with Crippen LogP contribution in [0.15, 0.2) is 53.9 Å². The third-order valence-corrected chi connectivity index (χ3v) is 4.83. The van der Waals surface area contributed by atoms with Crippen molar-refractivity contribution in [2.24, 2.45) is 0 Å². The maximum absolute atomic E-state index is 12.3. The molecule has 2 aromatic carbocycles. The molecular formula is C18H13ClN4O2S. The zero-order valence-electron chi connectivity index (χ0n) is 13.6. The van der Waals surface area contributed by atoms with Crippen molar-refractivity contribution in [1.82, 2.24) is 14.6 Å². The summed E-state index contributed by atoms with van der Waals surface area (Å²) >= 11 is 7.38. The molecule has 26 heavy (non-hydrogen) atoms. The highest BCUT2D eigenvalue weighted by atomic mass is 35.5. The van der Waals surface area contributed by atoms with Crippen molar-refractivity contribution in [3.05, 3.63) is 64.5 Å². The van der Waals surface area contributed by atoms with E-state index in [1.165, 1.54) is 11.3 Å². The van der Waals surface area contributed by atoms with Gasteiger partial charge >= 0.3 is 0 Å². The van der Waals surface area contributed by atoms with Gasteiger partial charge in [0.25, 0.3) is 11.9 Å². The van der Waals surface area contributed by atoms with E-state index in [2.05, 4.69) is 15.4 Å². The van der Waals surface area contributed by atoms with E-state index in [-0.39, 0.29) is 11.9 Å². The monoisotopic (exact) mass is 384 g/mol. The molecule has 0 unspecified atom stereocenters. The predicted molar refractivity (Wildman–Crippen MR) is 102 cm³/mol. The van der Waals surface area contributed by atoms with Crippen LogP contribution in [-0.2, 0) is 0 Å². The molecular weight excluding hydrogens is 372 g/mol. The molecule has 0 radical (unpaired) electrons. The summed E-state index contributed by atoms with van der Waals surface area (Å²) in [5.74, 6) is 0.724. The second kappa shape index (κ2) is 6.78. The number of fused-ring (bicyclic) bond motifs is 1. The van der Waals surface area contributed by atoms with Crippen molar-refractivity contribution in [2.75, 3.05) is 12.4 Å². The van der Waals surface area contributed by atoms with Crippen molar-refractivity contribution >= 4 is 39.8 Å². The fourth-order valence-corrected chi connectivity index (χ4v) is 3.52. The Morgan fingerprint density at radius 2 is 2.04 bits per heavy atom. The highest BCUT2D eigenvalue weighted by Crippen LogP contribution is 2.27. The number of rotatable bonds is 4. The average Bonchev–Trinajstić information content (AvgIpc) is 3.22. The van der Waals surface area contributed by atoms with Gasteiger partial charge in [-0.3, -0.25) is 10.1 Å². The number of carbonyl (C=O) groups is 1. The number of carbonyl (C=O) groups excluding carboxylic acids is 1. The number of aromatic nitrogens is 3. The number of nitrogens with zero attached hydrogens (tertiary/aromatic N) is 3. The molecule has 2 aromatic heterocycles. The van der Waals surface area contributed by atoms with Crippen LogP contribution in [0.2, 0.25) is 5.02 Å². The average molecular weight is 385 g/mol. The number of halogens is 1. The second-order valence-corrected chi connectivity index (χ2v) is 6.72. The minimum atomic E-state index is -0.309. The van der Waals surface area contributed by atoms with Crippen LogP contribution >= 0.6 is 22.9 Å². The third kappa shape index (κ3) is 3.14. The maximum Gasteiger partial charge on any atom is 0.258 e. The topological polar surface area (TPSA) is 68.5 Å². The first-order valence-electron chi connectivity index (χ1n) is 7.69. The lowest BCUT2D eigenvalue weighted by Gasteiger charge is -2.02. The van der Waals surface area contributed by atoms with Crippen molar-refractivity contribution < 1.29 is 9.53 Å². The lowest BCUT2D eigenvalue weighted by molar-refractivity contribution is 0.102. The van der Waals surface area contributed by atoms with Crippen LogP contribution in [0, 0.1) is 0 Å². The van der Waals surface area contributed by atoms with Crippen LogP contribution in [0.1, 0.15) is 10.4 Å². The van der Waals surface area contributed by atoms with Crippen molar-refractivity contribution in [1.29, 1.82) is 0 Å². The summed E-state index contributed by atoms with van der Waals surface area (Å²) in [5.41, 5.74) is 2.32. The molecule has 4 aromatic rings. The molecule has 1 N–H and O–H groups in total. The minimum absolute atomic E-state index is 0.247. The van der Waals surface area contributed by atoms with Gasteiger partial charge in [0.1, 0.15) is 5.75 Å². The van der Waals surface area contributed by atoms with Gasteiger partial charge in [-0.1, -0.05) is 17.7 Å². The van der Waals surface area contributed by atoms with E-state index in [0.29, 0.717) is 15.5 Å². The standard InChI is InChI=1S/C18H13ClN4O2S/c1-25-14-7-5-11(6-8-14)15-10-26-18-21-17(22-23(15)18)20-16(24)12-3-2-4-13(19)9-12/h2-10H,1H3,(H,20,22,24). The van der Waals surface area contributed by atoms with E-state index in [4.69, 9.17) is 16.3 Å². The van der Waals surface area contributed by atoms with Crippen LogP contribution in [0.3, 0.4) is 0 Å². The molecule has 0 aliphatic heterocycles. The van der Waals surface area contributed by atoms with Gasteiger partial charge < -0.3 is 4.74 Å². The Hall–Kier alpha value is -2.90. The molecule has 8 heteroatoms. The maximum atomic E-state index is 12.3. The molecule has 6 nitrogen and oxygen atoms in total. The molecule has 130 valence electrons. The molecule has 0 saturated carbocycles. The summed E-state index contributed by atoms with van der Waals surface area (Å²) in [6, 6.07) is 14.4. The fourth-order valence-electron chi connectivity index (χ4n) is 2.50. The lowest BCUT2D eigenvalue weighted by Crippen LogP contribution is -2.13. The number of methoxy groups -OCH3 is 1. The summed E-state index contributed by atoms with van der Waals surface area (Å²) in [6.07, 6.45) is 0. The molecule has 1 amide bonds. The van der Waals surface area contributed by atoms with Crippen LogP contribution in [0.4, 0.5) is 5.95 Å². The van der Waals surface area contributed by atoms with Crippen molar-refractivity contribution in [3.8, 4) is 17.0 Å². The van der Waals surface area contributed by atoms with Crippen molar-refractivity contribution in [2.45, 2.75) is 0 Å². The Balaban J connectivity index is 1.62. The van der Waals surface area contributed by atoms with E-state index in [1.807, 2.05) is 29.6 Å². The summed E-state index contributed by atoms with van der Waals surface area (Å²) in [6.45, 7) is 0. The Kier molecular flexibility index (Phi) is 4.32. The summed E-state index contributed by atoms with van der Waals surface area (Å²) < 4.78 is 6.89. The zero-order valence-corrected chi connectivity index (χ0v) is 15.2. The Morgan fingerprint density at radius 3 is 2.77 bits per heavy atom. The number of amides is 1. The third-order valence-electron chi connectivity index (χ3n) is 3.78. The number of thiazole rings is 1. The zero-order chi connectivity index (χ0) is 18.1. The lowest BCUT2D eigenvalue weighted by atomic mass is 10.2. The van der Waals surface area contributed by atoms with Gasteiger partial charge in [0, 0.05) is 21.5 Å². The first-order chi connectivity index (χ1) is 12.6. The Bertz CT molecular complexity index is 1090. The van der Waals surface area contributed by atoms with Gasteiger partial charge in [0.15, 0.2) is 0 Å². The molecule has 0 atom stereocenters. The van der Waals surface area contributed by atoms with E-state index >= 15 is 0 Å². The van der Waals surface area contributed by atoms with Crippen LogP contribution in [-0.4, -0.2) is 27.6 Å². The van der Waals surface area contributed by atoms with Gasteiger partial charge in [0.2, 0.25) is 4.96 Å². The molecule has 2 heterocycles. The van der Waals surface area contributed by atoms with E-state index in [9.17, 15) is 4.79 Å². The van der Waals surface area contributed by atoms with Gasteiger partial charge in [-0.2, -0.15) is 4.98 Å². The molecule has 0 aliphatic carbocycles. The van der Waals surface area contributed by atoms with Crippen LogP contribution in [0.25, 0.3) is 16.2 Å². The van der Waals surface area contributed by atoms with E-state index in [0.717, 1.165) is 17.0 Å². The van der Waals surface area contributed by atoms with Crippen molar-refractivity contribution in [3.63, 3.8) is 0 Å². The quantitative estimate of drug-likeness (QED) is 0.567. The van der Waals surface area contributed by atoms with Gasteiger partial charge in [-0.15, -0.1) is 16.4 Å². The molecule has 4 rings (SSSR count). The van der Waals surface area contributed by atoms with Crippen LogP contribution < -0.4 is 10.1 Å². The summed E-state index contributed by atoms with van der Waals surface area (Å²) in [4.78, 5) is 17.4. The van der Waals surface area contributed by atoms with Gasteiger partial charge in [0.05, 0.1) is 12.8 Å². The Labute approximate surface area is 158 Å². The fraction of sp³-hybridized carbons (Fsp3) is 0.0556. The highest BCUT2D eigenvalue weighted by Gasteiger charge is 2.14. The minimum Gasteiger partial charge on any atom is -0.497 e. The molecule has 0 spiro atoms. The molecule has 0 bridgehead atoms. The molecule has 0 saturated heterocycles. The smallest absolute Gasteiger partial charge is 0.258 e. The first kappa shape index (κ1) is 16.6. The normalized spacial score (nSPS) is 10.8. The second-order valence-electron chi connectivity index (χ2n) is 5.44. The number of anilines is 1. The molecule has 0 fully saturated rings. The SMILES string of the molecule is COc1ccc(-c2csc3nc(NC(=O)c4cccc(Cl)c4)nn23)cc1. The summed E-state index contributed by atoms with van der Waals surface area (Å²) in [7, 11) is 1.63. The summed E-state index contributed by atoms with van der Waals surface area (Å²) in [5, 5.41) is 9.57. The van der Waals surface area contributed by atoms with E-state index < -0.39 is 0 Å². The number of hydrogen-bond acceptors (Lipinski definition) is 5. The Morgan fingerprint density at radius 1 is 1.23 bits per heavy atom. The predicted octanol–water partition coefficient (Wildman–Crippen LogP) is 4.37. The largest absolute Gasteiger partial charge is 0.497 e. The molecule has 0 aliphatic rings. The highest BCUT2D eigenvalue weighted by molar-refractivity contribution is 7.15. The number of benzene rings is 2. The number of hydrogen-bond donors (Lipinski definition) is 1. The van der Waals surface area contributed by atoms with Crippen LogP contribution in [0.5, 0.6) is 5.75 Å². The number of nitrogens with one attached hydrogen (secondary N) is 1. The van der Waals surface area contributed by atoms with Gasteiger partial charge in [-0.25, -0.2) is 4.52 Å². The first-order valence-corrected chi connectivity index (χ1v) is 8.95.